The van der Waals surface area contributed by atoms with Gasteiger partial charge in [-0.05, 0) is 36.3 Å². The minimum absolute atomic E-state index is 0.0435. The Balaban J connectivity index is 1.99. The molecule has 142 valence electrons. The highest BCUT2D eigenvalue weighted by Gasteiger charge is 2.08. The molecule has 0 radical (unpaired) electrons. The summed E-state index contributed by atoms with van der Waals surface area (Å²) >= 11 is 0. The fourth-order valence-corrected chi connectivity index (χ4v) is 3.10. The van der Waals surface area contributed by atoms with Crippen LogP contribution in [0.3, 0.4) is 0 Å². The lowest BCUT2D eigenvalue weighted by molar-refractivity contribution is -0.118. The fourth-order valence-electron chi connectivity index (χ4n) is 2.68. The summed E-state index contributed by atoms with van der Waals surface area (Å²) in [6.07, 6.45) is 3.06. The molecule has 0 aliphatic carbocycles. The number of carbonyl (C=O) groups is 1. The van der Waals surface area contributed by atoms with Crippen LogP contribution in [-0.2, 0) is 25.5 Å². The smallest absolute Gasteiger partial charge is 0.264 e. The molecule has 0 aliphatic rings. The van der Waals surface area contributed by atoms with Gasteiger partial charge in [-0.15, -0.1) is 0 Å². The first-order chi connectivity index (χ1) is 12.4. The molecule has 26 heavy (non-hydrogen) atoms. The highest BCUT2D eigenvalue weighted by Crippen LogP contribution is 2.29. The lowest BCUT2D eigenvalue weighted by Gasteiger charge is -2.13. The van der Waals surface area contributed by atoms with Crippen molar-refractivity contribution in [2.45, 2.75) is 26.2 Å². The second-order valence-electron chi connectivity index (χ2n) is 6.09. The Bertz CT molecular complexity index is 843. The first-order valence-corrected chi connectivity index (χ1v) is 10.4. The summed E-state index contributed by atoms with van der Waals surface area (Å²) in [7, 11) is -3.38. The van der Waals surface area contributed by atoms with Crippen LogP contribution < -0.4 is 10.1 Å². The molecule has 0 fully saturated rings. The maximum atomic E-state index is 11.1. The Labute approximate surface area is 154 Å². The van der Waals surface area contributed by atoms with Crippen LogP contribution in [0.25, 0.3) is 10.8 Å². The van der Waals surface area contributed by atoms with Crippen molar-refractivity contribution in [1.82, 2.24) is 5.32 Å². The molecule has 0 atom stereocenters. The van der Waals surface area contributed by atoms with Gasteiger partial charge in [-0.1, -0.05) is 30.3 Å². The van der Waals surface area contributed by atoms with E-state index in [1.807, 2.05) is 36.4 Å². The van der Waals surface area contributed by atoms with Crippen LogP contribution in [0, 0.1) is 0 Å². The summed E-state index contributed by atoms with van der Waals surface area (Å²) in [5.74, 6) is 0.753. The van der Waals surface area contributed by atoms with Crippen LogP contribution in [0.4, 0.5) is 0 Å². The average molecular weight is 379 g/mol. The van der Waals surface area contributed by atoms with Crippen LogP contribution in [0.2, 0.25) is 0 Å². The zero-order valence-electron chi connectivity index (χ0n) is 15.2. The minimum Gasteiger partial charge on any atom is -0.493 e. The molecule has 0 bridgehead atoms. The molecule has 0 saturated carbocycles. The Morgan fingerprint density at radius 2 is 1.77 bits per heavy atom. The van der Waals surface area contributed by atoms with Crippen molar-refractivity contribution in [3.05, 3.63) is 42.0 Å². The van der Waals surface area contributed by atoms with Crippen molar-refractivity contribution in [3.8, 4) is 5.75 Å². The molecule has 2 rings (SSSR count). The normalized spacial score (nSPS) is 11.5. The summed E-state index contributed by atoms with van der Waals surface area (Å²) in [6.45, 7) is 2.72. The topological polar surface area (TPSA) is 81.7 Å². The number of fused-ring (bicyclic) bond motifs is 1. The molecule has 2 aromatic rings. The first-order valence-electron chi connectivity index (χ1n) is 8.59. The fraction of sp³-hybridized carbons (Fsp3) is 0.421. The third kappa shape index (κ3) is 6.65. The van der Waals surface area contributed by atoms with Gasteiger partial charge in [-0.25, -0.2) is 0 Å². The summed E-state index contributed by atoms with van der Waals surface area (Å²) in [5, 5.41) is 4.95. The standard InChI is InChI=1S/C19H25NO5S/c1-15(21)20-12-11-17-8-5-7-16-9-6-10-18(19(16)17)24-13-3-4-14-25-26(2,22)23/h5-10H,3-4,11-14H2,1-2H3,(H,20,21). The number of carbonyl (C=O) groups excluding carboxylic acids is 1. The van der Waals surface area contributed by atoms with E-state index in [2.05, 4.69) is 5.32 Å². The van der Waals surface area contributed by atoms with Gasteiger partial charge in [0.25, 0.3) is 10.1 Å². The summed E-state index contributed by atoms with van der Waals surface area (Å²) in [4.78, 5) is 11.1. The first kappa shape index (κ1) is 20.2. The largest absolute Gasteiger partial charge is 0.493 e. The highest BCUT2D eigenvalue weighted by molar-refractivity contribution is 7.85. The number of nitrogens with one attached hydrogen (secondary N) is 1. The molecular weight excluding hydrogens is 354 g/mol. The average Bonchev–Trinajstić information content (AvgIpc) is 2.57. The summed E-state index contributed by atoms with van der Waals surface area (Å²) < 4.78 is 32.5. The molecule has 1 amide bonds. The van der Waals surface area contributed by atoms with Gasteiger partial charge in [0.05, 0.1) is 19.5 Å². The van der Waals surface area contributed by atoms with Gasteiger partial charge in [-0.2, -0.15) is 8.42 Å². The number of unbranched alkanes of at least 4 members (excludes halogenated alkanes) is 1. The highest BCUT2D eigenvalue weighted by atomic mass is 32.2. The van der Waals surface area contributed by atoms with E-state index < -0.39 is 10.1 Å². The van der Waals surface area contributed by atoms with E-state index in [0.717, 1.165) is 34.8 Å². The Morgan fingerprint density at radius 1 is 1.08 bits per heavy atom. The minimum atomic E-state index is -3.38. The molecule has 0 unspecified atom stereocenters. The van der Waals surface area contributed by atoms with Crippen molar-refractivity contribution in [1.29, 1.82) is 0 Å². The number of benzene rings is 2. The van der Waals surface area contributed by atoms with Gasteiger partial charge >= 0.3 is 0 Å². The van der Waals surface area contributed by atoms with Crippen molar-refractivity contribution >= 4 is 26.8 Å². The number of rotatable bonds is 10. The monoisotopic (exact) mass is 379 g/mol. The van der Waals surface area contributed by atoms with Crippen molar-refractivity contribution in [3.63, 3.8) is 0 Å². The predicted octanol–water partition coefficient (Wildman–Crippen LogP) is 2.65. The van der Waals surface area contributed by atoms with Crippen molar-refractivity contribution in [2.75, 3.05) is 26.0 Å². The molecule has 0 aliphatic heterocycles. The molecule has 6 nitrogen and oxygen atoms in total. The molecule has 1 N–H and O–H groups in total. The Kier molecular flexibility index (Phi) is 7.41. The molecule has 0 saturated heterocycles. The zero-order chi connectivity index (χ0) is 19.0. The molecule has 7 heteroatoms. The SMILES string of the molecule is CC(=O)NCCc1cccc2cccc(OCCCCOS(C)(=O)=O)c12. The van der Waals surface area contributed by atoms with E-state index in [1.165, 1.54) is 6.92 Å². The maximum absolute atomic E-state index is 11.1. The molecule has 0 heterocycles. The van der Waals surface area contributed by atoms with Gasteiger partial charge in [0.1, 0.15) is 5.75 Å². The third-order valence-corrected chi connectivity index (χ3v) is 4.41. The van der Waals surface area contributed by atoms with Gasteiger partial charge in [0, 0.05) is 18.9 Å². The van der Waals surface area contributed by atoms with Crippen LogP contribution in [0.5, 0.6) is 5.75 Å². The van der Waals surface area contributed by atoms with Crippen molar-refractivity contribution < 1.29 is 22.1 Å². The Morgan fingerprint density at radius 3 is 2.46 bits per heavy atom. The maximum Gasteiger partial charge on any atom is 0.264 e. The summed E-state index contributed by atoms with van der Waals surface area (Å²) in [5.41, 5.74) is 1.12. The lowest BCUT2D eigenvalue weighted by atomic mass is 10.0. The van der Waals surface area contributed by atoms with E-state index in [-0.39, 0.29) is 12.5 Å². The van der Waals surface area contributed by atoms with Crippen LogP contribution in [0.15, 0.2) is 36.4 Å². The van der Waals surface area contributed by atoms with Gasteiger partial charge < -0.3 is 10.1 Å². The second kappa shape index (κ2) is 9.54. The van der Waals surface area contributed by atoms with Crippen LogP contribution >= 0.6 is 0 Å². The third-order valence-electron chi connectivity index (χ3n) is 3.81. The lowest BCUT2D eigenvalue weighted by Crippen LogP contribution is -2.22. The van der Waals surface area contributed by atoms with E-state index in [9.17, 15) is 13.2 Å². The molecule has 2 aromatic carbocycles. The molecule has 0 aromatic heterocycles. The van der Waals surface area contributed by atoms with Gasteiger partial charge in [0.15, 0.2) is 0 Å². The van der Waals surface area contributed by atoms with Crippen LogP contribution in [0.1, 0.15) is 25.3 Å². The number of ether oxygens (including phenoxy) is 1. The zero-order valence-corrected chi connectivity index (χ0v) is 16.0. The predicted molar refractivity (Wildman–Crippen MR) is 102 cm³/mol. The van der Waals surface area contributed by atoms with Crippen molar-refractivity contribution in [2.24, 2.45) is 0 Å². The van der Waals surface area contributed by atoms with E-state index in [0.29, 0.717) is 26.0 Å². The molecule has 0 spiro atoms. The van der Waals surface area contributed by atoms with E-state index in [4.69, 9.17) is 8.92 Å². The quantitative estimate of drug-likeness (QED) is 0.507. The van der Waals surface area contributed by atoms with E-state index >= 15 is 0 Å². The number of hydrogen-bond donors (Lipinski definition) is 1. The second-order valence-corrected chi connectivity index (χ2v) is 7.73. The van der Waals surface area contributed by atoms with Gasteiger partial charge in [0.2, 0.25) is 5.91 Å². The Hall–Kier alpha value is -2.12. The number of amides is 1. The van der Waals surface area contributed by atoms with Gasteiger partial charge in [-0.3, -0.25) is 8.98 Å². The van der Waals surface area contributed by atoms with Crippen LogP contribution in [-0.4, -0.2) is 40.3 Å². The molecular formula is C19H25NO5S. The summed E-state index contributed by atoms with van der Waals surface area (Å²) in [6, 6.07) is 12.0. The number of hydrogen-bond acceptors (Lipinski definition) is 5. The van der Waals surface area contributed by atoms with E-state index in [1.54, 1.807) is 0 Å².